The zero-order valence-electron chi connectivity index (χ0n) is 10.9. The average Bonchev–Trinajstić information content (AvgIpc) is 3.11. The third kappa shape index (κ3) is 2.77. The van der Waals surface area contributed by atoms with Crippen LogP contribution in [0.15, 0.2) is 5.38 Å². The summed E-state index contributed by atoms with van der Waals surface area (Å²) in [5.74, 6) is 0.814. The van der Waals surface area contributed by atoms with Gasteiger partial charge in [-0.25, -0.2) is 4.98 Å². The van der Waals surface area contributed by atoms with E-state index in [1.807, 2.05) is 11.6 Å². The molecule has 3 rings (SSSR count). The number of aromatic nitrogens is 4. The van der Waals surface area contributed by atoms with Crippen molar-refractivity contribution in [2.24, 2.45) is 7.05 Å². The second-order valence-electron chi connectivity index (χ2n) is 4.84. The number of likely N-dealkylation sites (tertiary alicyclic amines) is 1. The van der Waals surface area contributed by atoms with Gasteiger partial charge in [0.15, 0.2) is 10.6 Å². The van der Waals surface area contributed by atoms with Crippen LogP contribution in [0.4, 0.5) is 0 Å². The molecule has 1 N–H and O–H groups in total. The predicted octanol–water partition coefficient (Wildman–Crippen LogP) is 2.24. The molecule has 19 heavy (non-hydrogen) atoms. The van der Waals surface area contributed by atoms with Crippen molar-refractivity contribution in [3.8, 4) is 11.5 Å². The SMILES string of the molecule is Cn1c(-c2csc(CCN3CCCC3)n2)n[nH]c1=S. The number of hydrogen-bond acceptors (Lipinski definition) is 5. The van der Waals surface area contributed by atoms with Gasteiger partial charge in [0.25, 0.3) is 0 Å². The highest BCUT2D eigenvalue weighted by Gasteiger charge is 2.13. The minimum atomic E-state index is 0.626. The summed E-state index contributed by atoms with van der Waals surface area (Å²) in [5, 5.41) is 10.2. The number of nitrogens with one attached hydrogen (secondary N) is 1. The summed E-state index contributed by atoms with van der Waals surface area (Å²) in [5.41, 5.74) is 0.913. The first-order valence-corrected chi connectivity index (χ1v) is 7.81. The van der Waals surface area contributed by atoms with E-state index >= 15 is 0 Å². The Kier molecular flexibility index (Phi) is 3.76. The number of rotatable bonds is 4. The predicted molar refractivity (Wildman–Crippen MR) is 78.9 cm³/mol. The molecule has 2 aromatic rings. The van der Waals surface area contributed by atoms with Gasteiger partial charge in [0.1, 0.15) is 5.69 Å². The largest absolute Gasteiger partial charge is 0.303 e. The van der Waals surface area contributed by atoms with Gasteiger partial charge in [-0.1, -0.05) is 0 Å². The van der Waals surface area contributed by atoms with Gasteiger partial charge < -0.3 is 9.47 Å². The molecule has 2 aromatic heterocycles. The van der Waals surface area contributed by atoms with E-state index in [0.29, 0.717) is 4.77 Å². The second-order valence-corrected chi connectivity index (χ2v) is 6.17. The Morgan fingerprint density at radius 3 is 2.89 bits per heavy atom. The highest BCUT2D eigenvalue weighted by Crippen LogP contribution is 2.20. The van der Waals surface area contributed by atoms with Crippen LogP contribution in [0.5, 0.6) is 0 Å². The maximum absolute atomic E-state index is 5.12. The molecule has 0 saturated carbocycles. The van der Waals surface area contributed by atoms with Crippen molar-refractivity contribution in [3.05, 3.63) is 15.2 Å². The number of hydrogen-bond donors (Lipinski definition) is 1. The molecule has 1 aliphatic heterocycles. The molecule has 0 aromatic carbocycles. The van der Waals surface area contributed by atoms with Crippen LogP contribution >= 0.6 is 23.6 Å². The van der Waals surface area contributed by atoms with Crippen molar-refractivity contribution in [2.75, 3.05) is 19.6 Å². The van der Waals surface area contributed by atoms with Crippen molar-refractivity contribution in [3.63, 3.8) is 0 Å². The first kappa shape index (κ1) is 13.0. The van der Waals surface area contributed by atoms with Crippen LogP contribution in [-0.4, -0.2) is 44.3 Å². The molecule has 7 heteroatoms. The highest BCUT2D eigenvalue weighted by molar-refractivity contribution is 7.71. The minimum absolute atomic E-state index is 0.626. The number of thiazole rings is 1. The molecule has 102 valence electrons. The summed E-state index contributed by atoms with van der Waals surface area (Å²) in [7, 11) is 1.91. The molecule has 1 saturated heterocycles. The van der Waals surface area contributed by atoms with Gasteiger partial charge in [-0.15, -0.1) is 11.3 Å². The molecule has 0 unspecified atom stereocenters. The fourth-order valence-electron chi connectivity index (χ4n) is 2.36. The molecule has 1 fully saturated rings. The van der Waals surface area contributed by atoms with Crippen molar-refractivity contribution in [1.29, 1.82) is 0 Å². The summed E-state index contributed by atoms with van der Waals surface area (Å²) in [6, 6.07) is 0. The number of H-pyrrole nitrogens is 1. The van der Waals surface area contributed by atoms with Gasteiger partial charge in [0.05, 0.1) is 5.01 Å². The van der Waals surface area contributed by atoms with Gasteiger partial charge >= 0.3 is 0 Å². The topological polar surface area (TPSA) is 49.7 Å². The Morgan fingerprint density at radius 2 is 2.21 bits per heavy atom. The third-order valence-electron chi connectivity index (χ3n) is 3.50. The van der Waals surface area contributed by atoms with Crippen LogP contribution in [0, 0.1) is 4.77 Å². The lowest BCUT2D eigenvalue weighted by atomic mass is 10.4. The van der Waals surface area contributed by atoms with Crippen molar-refractivity contribution >= 4 is 23.6 Å². The first-order valence-electron chi connectivity index (χ1n) is 6.52. The van der Waals surface area contributed by atoms with Gasteiger partial charge in [0.2, 0.25) is 0 Å². The summed E-state index contributed by atoms with van der Waals surface area (Å²) in [6.45, 7) is 3.60. The lowest BCUT2D eigenvalue weighted by Gasteiger charge is -2.12. The zero-order chi connectivity index (χ0) is 13.2. The molecule has 1 aliphatic rings. The fraction of sp³-hybridized carbons (Fsp3) is 0.583. The molecule has 0 atom stereocenters. The number of aromatic amines is 1. The van der Waals surface area contributed by atoms with E-state index in [0.717, 1.165) is 24.5 Å². The van der Waals surface area contributed by atoms with Crippen LogP contribution in [0.25, 0.3) is 11.5 Å². The average molecular weight is 295 g/mol. The lowest BCUT2D eigenvalue weighted by molar-refractivity contribution is 0.343. The normalized spacial score (nSPS) is 16.3. The smallest absolute Gasteiger partial charge is 0.195 e. The van der Waals surface area contributed by atoms with Gasteiger partial charge in [-0.2, -0.15) is 5.10 Å². The zero-order valence-corrected chi connectivity index (χ0v) is 12.6. The Hall–Kier alpha value is -1.05. The van der Waals surface area contributed by atoms with Gasteiger partial charge in [0, 0.05) is 25.4 Å². The quantitative estimate of drug-likeness (QED) is 0.879. The lowest BCUT2D eigenvalue weighted by Crippen LogP contribution is -2.21. The minimum Gasteiger partial charge on any atom is -0.303 e. The summed E-state index contributed by atoms with van der Waals surface area (Å²) in [4.78, 5) is 7.17. The maximum atomic E-state index is 5.12. The monoisotopic (exact) mass is 295 g/mol. The molecule has 0 spiro atoms. The van der Waals surface area contributed by atoms with E-state index < -0.39 is 0 Å². The molecule has 3 heterocycles. The Labute approximate surface area is 121 Å². The third-order valence-corrected chi connectivity index (χ3v) is 4.77. The van der Waals surface area contributed by atoms with E-state index in [1.54, 1.807) is 11.3 Å². The number of nitrogens with zero attached hydrogens (tertiary/aromatic N) is 4. The molecule has 0 amide bonds. The van der Waals surface area contributed by atoms with Crippen LogP contribution < -0.4 is 0 Å². The summed E-state index contributed by atoms with van der Waals surface area (Å²) >= 11 is 6.83. The van der Waals surface area contributed by atoms with E-state index in [9.17, 15) is 0 Å². The highest BCUT2D eigenvalue weighted by atomic mass is 32.1. The second kappa shape index (κ2) is 5.52. The standard InChI is InChI=1S/C12H17N5S2/c1-16-11(14-15-12(16)18)9-8-19-10(13-9)4-7-17-5-2-3-6-17/h8H,2-7H2,1H3,(H,15,18). The van der Waals surface area contributed by atoms with Gasteiger partial charge in [-0.3, -0.25) is 5.10 Å². The summed E-state index contributed by atoms with van der Waals surface area (Å²) < 4.78 is 2.48. The molecular formula is C12H17N5S2. The molecular weight excluding hydrogens is 278 g/mol. The summed E-state index contributed by atoms with van der Waals surface area (Å²) in [6.07, 6.45) is 3.71. The van der Waals surface area contributed by atoms with Crippen molar-refractivity contribution in [1.82, 2.24) is 24.6 Å². The Morgan fingerprint density at radius 1 is 1.42 bits per heavy atom. The van der Waals surface area contributed by atoms with E-state index in [2.05, 4.69) is 25.5 Å². The van der Waals surface area contributed by atoms with E-state index in [-0.39, 0.29) is 0 Å². The van der Waals surface area contributed by atoms with Crippen LogP contribution in [0.1, 0.15) is 17.8 Å². The molecule has 5 nitrogen and oxygen atoms in total. The molecule has 0 bridgehead atoms. The first-order chi connectivity index (χ1) is 9.24. The Balaban J connectivity index is 1.69. The Bertz CT molecular complexity index is 606. The molecule has 0 radical (unpaired) electrons. The van der Waals surface area contributed by atoms with Crippen molar-refractivity contribution in [2.45, 2.75) is 19.3 Å². The van der Waals surface area contributed by atoms with Crippen LogP contribution in [0.3, 0.4) is 0 Å². The van der Waals surface area contributed by atoms with Crippen molar-refractivity contribution < 1.29 is 0 Å². The van der Waals surface area contributed by atoms with E-state index in [4.69, 9.17) is 12.2 Å². The maximum Gasteiger partial charge on any atom is 0.195 e. The van der Waals surface area contributed by atoms with Crippen LogP contribution in [-0.2, 0) is 13.5 Å². The van der Waals surface area contributed by atoms with Gasteiger partial charge in [-0.05, 0) is 38.1 Å². The molecule has 0 aliphatic carbocycles. The van der Waals surface area contributed by atoms with E-state index in [1.165, 1.54) is 30.9 Å². The van der Waals surface area contributed by atoms with Crippen LogP contribution in [0.2, 0.25) is 0 Å². The fourth-order valence-corrected chi connectivity index (χ4v) is 3.26.